The minimum Gasteiger partial charge on any atom is -0.481 e. The van der Waals surface area contributed by atoms with Gasteiger partial charge in [0.2, 0.25) is 5.91 Å². The fourth-order valence-electron chi connectivity index (χ4n) is 2.42. The average molecular weight is 401 g/mol. The van der Waals surface area contributed by atoms with Gasteiger partial charge in [0, 0.05) is 14.1 Å². The summed E-state index contributed by atoms with van der Waals surface area (Å²) in [5.74, 6) is 0.350. The Kier molecular flexibility index (Phi) is 6.30. The molecule has 0 aliphatic heterocycles. The zero-order valence-electron chi connectivity index (χ0n) is 15.7. The van der Waals surface area contributed by atoms with E-state index in [1.807, 2.05) is 30.3 Å². The number of nitrogens with zero attached hydrogens (tertiary/aromatic N) is 3. The second-order valence-corrected chi connectivity index (χ2v) is 7.32. The smallest absolute Gasteiger partial charge is 0.277 e. The summed E-state index contributed by atoms with van der Waals surface area (Å²) >= 11 is 1.19. The Hall–Kier alpha value is -2.87. The van der Waals surface area contributed by atoms with Gasteiger partial charge in [0.15, 0.2) is 6.10 Å². The van der Waals surface area contributed by atoms with Crippen LogP contribution in [0.3, 0.4) is 0 Å². The van der Waals surface area contributed by atoms with E-state index in [0.717, 1.165) is 5.56 Å². The second kappa shape index (κ2) is 8.88. The van der Waals surface area contributed by atoms with Gasteiger partial charge in [-0.2, -0.15) is 0 Å². The van der Waals surface area contributed by atoms with Gasteiger partial charge in [0.05, 0.1) is 0 Å². The van der Waals surface area contributed by atoms with Crippen LogP contribution >= 0.6 is 11.8 Å². The summed E-state index contributed by atoms with van der Waals surface area (Å²) in [5, 5.41) is 7.82. The summed E-state index contributed by atoms with van der Waals surface area (Å²) in [4.78, 5) is 14.1. The van der Waals surface area contributed by atoms with Crippen molar-refractivity contribution in [3.63, 3.8) is 0 Å². The van der Waals surface area contributed by atoms with Crippen molar-refractivity contribution in [2.45, 2.75) is 23.5 Å². The second-order valence-electron chi connectivity index (χ2n) is 6.26. The molecule has 0 unspecified atom stereocenters. The molecular formula is C20H20FN3O3S. The molecule has 28 heavy (non-hydrogen) atoms. The van der Waals surface area contributed by atoms with E-state index < -0.39 is 11.4 Å². The fourth-order valence-corrected chi connectivity index (χ4v) is 3.45. The number of rotatable bonds is 7. The van der Waals surface area contributed by atoms with Crippen LogP contribution in [0.15, 0.2) is 64.2 Å². The largest absolute Gasteiger partial charge is 0.481 e. The van der Waals surface area contributed by atoms with Gasteiger partial charge in [-0.1, -0.05) is 30.3 Å². The van der Waals surface area contributed by atoms with E-state index in [4.69, 9.17) is 9.15 Å². The van der Waals surface area contributed by atoms with Crippen LogP contribution < -0.4 is 4.74 Å². The molecule has 2 aromatic carbocycles. The quantitative estimate of drug-likeness (QED) is 0.551. The molecule has 0 bridgehead atoms. The van der Waals surface area contributed by atoms with Crippen molar-refractivity contribution in [1.29, 1.82) is 0 Å². The van der Waals surface area contributed by atoms with Crippen molar-refractivity contribution >= 4 is 17.7 Å². The normalized spacial score (nSPS) is 13.0. The van der Waals surface area contributed by atoms with Gasteiger partial charge in [-0.3, -0.25) is 4.79 Å². The molecule has 1 amide bonds. The molecule has 0 aliphatic rings. The summed E-state index contributed by atoms with van der Waals surface area (Å²) in [5.41, 5.74) is 0.849. The van der Waals surface area contributed by atoms with Crippen LogP contribution in [-0.4, -0.2) is 35.1 Å². The maximum atomic E-state index is 13.0. The molecule has 0 saturated carbocycles. The Labute approximate surface area is 166 Å². The highest BCUT2D eigenvalue weighted by atomic mass is 32.2. The SMILES string of the molecule is C[C@@H](Oc1ccc(F)cc1)c1nnc(S[C@@H](C(=O)N(C)C)c2ccccc2)o1. The maximum absolute atomic E-state index is 13.0. The molecule has 0 N–H and O–H groups in total. The number of aromatic nitrogens is 2. The van der Waals surface area contributed by atoms with Crippen LogP contribution in [0, 0.1) is 5.82 Å². The highest BCUT2D eigenvalue weighted by molar-refractivity contribution is 8.00. The molecule has 0 saturated heterocycles. The van der Waals surface area contributed by atoms with E-state index in [0.29, 0.717) is 5.75 Å². The highest BCUT2D eigenvalue weighted by Gasteiger charge is 2.27. The molecule has 3 rings (SSSR count). The lowest BCUT2D eigenvalue weighted by Crippen LogP contribution is -2.26. The van der Waals surface area contributed by atoms with Crippen LogP contribution in [0.2, 0.25) is 0 Å². The third kappa shape index (κ3) is 4.89. The van der Waals surface area contributed by atoms with Gasteiger partial charge in [-0.05, 0) is 48.5 Å². The van der Waals surface area contributed by atoms with Crippen LogP contribution in [0.5, 0.6) is 5.75 Å². The van der Waals surface area contributed by atoms with Crippen molar-refractivity contribution in [1.82, 2.24) is 15.1 Å². The number of hydrogen-bond donors (Lipinski definition) is 0. The Morgan fingerprint density at radius 3 is 2.43 bits per heavy atom. The summed E-state index contributed by atoms with van der Waals surface area (Å²) in [7, 11) is 3.41. The minimum atomic E-state index is -0.521. The van der Waals surface area contributed by atoms with Gasteiger partial charge in [-0.15, -0.1) is 10.2 Å². The predicted molar refractivity (Wildman–Crippen MR) is 103 cm³/mol. The van der Waals surface area contributed by atoms with Crippen molar-refractivity contribution in [3.05, 3.63) is 71.9 Å². The van der Waals surface area contributed by atoms with Gasteiger partial charge < -0.3 is 14.1 Å². The average Bonchev–Trinajstić information content (AvgIpc) is 3.17. The first-order chi connectivity index (χ1) is 13.4. The Morgan fingerprint density at radius 2 is 1.79 bits per heavy atom. The lowest BCUT2D eigenvalue weighted by molar-refractivity contribution is -0.128. The first-order valence-corrected chi connectivity index (χ1v) is 9.50. The standard InChI is InChI=1S/C20H20FN3O3S/c1-13(26-16-11-9-15(21)10-12-16)18-22-23-20(27-18)28-17(19(25)24(2)3)14-7-5-4-6-8-14/h4-13,17H,1-3H3/t13-,17-/m1/s1. The number of benzene rings is 2. The summed E-state index contributed by atoms with van der Waals surface area (Å²) < 4.78 is 24.4. The predicted octanol–water partition coefficient (Wildman–Crippen LogP) is 4.27. The zero-order chi connectivity index (χ0) is 20.1. The number of ether oxygens (including phenoxy) is 1. The topological polar surface area (TPSA) is 68.5 Å². The number of amides is 1. The van der Waals surface area contributed by atoms with Crippen LogP contribution in [0.1, 0.15) is 29.7 Å². The molecule has 0 fully saturated rings. The minimum absolute atomic E-state index is 0.0773. The zero-order valence-corrected chi connectivity index (χ0v) is 16.5. The van der Waals surface area contributed by atoms with Crippen molar-refractivity contribution < 1.29 is 18.3 Å². The highest BCUT2D eigenvalue weighted by Crippen LogP contribution is 2.36. The Balaban J connectivity index is 1.74. The van der Waals surface area contributed by atoms with Crippen LogP contribution in [0.25, 0.3) is 0 Å². The van der Waals surface area contributed by atoms with Crippen molar-refractivity contribution in [3.8, 4) is 5.75 Å². The van der Waals surface area contributed by atoms with E-state index in [1.54, 1.807) is 21.0 Å². The van der Waals surface area contributed by atoms with Gasteiger partial charge in [-0.25, -0.2) is 4.39 Å². The molecule has 6 nitrogen and oxygen atoms in total. The number of halogens is 1. The van der Waals surface area contributed by atoms with E-state index in [1.165, 1.54) is 40.9 Å². The molecule has 8 heteroatoms. The Morgan fingerprint density at radius 1 is 1.11 bits per heavy atom. The first kappa shape index (κ1) is 19.9. The molecule has 3 aromatic rings. The molecule has 146 valence electrons. The molecular weight excluding hydrogens is 381 g/mol. The number of carbonyl (C=O) groups excluding carboxylic acids is 1. The molecule has 0 aliphatic carbocycles. The van der Waals surface area contributed by atoms with Crippen molar-refractivity contribution in [2.24, 2.45) is 0 Å². The van der Waals surface area contributed by atoms with Gasteiger partial charge in [0.25, 0.3) is 11.1 Å². The number of carbonyl (C=O) groups is 1. The molecule has 1 aromatic heterocycles. The fraction of sp³-hybridized carbons (Fsp3) is 0.250. The van der Waals surface area contributed by atoms with Crippen molar-refractivity contribution in [2.75, 3.05) is 14.1 Å². The van der Waals surface area contributed by atoms with E-state index in [9.17, 15) is 9.18 Å². The van der Waals surface area contributed by atoms with E-state index in [2.05, 4.69) is 10.2 Å². The van der Waals surface area contributed by atoms with E-state index in [-0.39, 0.29) is 22.8 Å². The lowest BCUT2D eigenvalue weighted by atomic mass is 10.1. The molecule has 1 heterocycles. The monoisotopic (exact) mass is 401 g/mol. The molecule has 0 radical (unpaired) electrons. The van der Waals surface area contributed by atoms with Gasteiger partial charge >= 0.3 is 0 Å². The van der Waals surface area contributed by atoms with Crippen LogP contribution in [0.4, 0.5) is 4.39 Å². The number of likely N-dealkylation sites (N-methyl/N-ethyl adjacent to an activating group) is 1. The summed E-state index contributed by atoms with van der Waals surface area (Å²) in [6.45, 7) is 1.75. The van der Waals surface area contributed by atoms with Crippen LogP contribution in [-0.2, 0) is 4.79 Å². The third-order valence-electron chi connectivity index (χ3n) is 3.88. The summed E-state index contributed by atoms with van der Waals surface area (Å²) in [6, 6.07) is 15.1. The Bertz CT molecular complexity index is 916. The summed E-state index contributed by atoms with van der Waals surface area (Å²) in [6.07, 6.45) is -0.521. The third-order valence-corrected chi connectivity index (χ3v) is 4.96. The molecule has 0 spiro atoms. The molecule has 2 atom stereocenters. The first-order valence-electron chi connectivity index (χ1n) is 8.62. The maximum Gasteiger partial charge on any atom is 0.277 e. The number of thioether (sulfide) groups is 1. The lowest BCUT2D eigenvalue weighted by Gasteiger charge is -2.19. The van der Waals surface area contributed by atoms with Gasteiger partial charge in [0.1, 0.15) is 16.8 Å². The number of hydrogen-bond acceptors (Lipinski definition) is 6. The van der Waals surface area contributed by atoms with E-state index >= 15 is 0 Å².